The van der Waals surface area contributed by atoms with Crippen molar-refractivity contribution in [3.63, 3.8) is 0 Å². The summed E-state index contributed by atoms with van der Waals surface area (Å²) in [6, 6.07) is 4.75. The Morgan fingerprint density at radius 3 is 2.47 bits per heavy atom. The van der Waals surface area contributed by atoms with Crippen LogP contribution in [0, 0.1) is 17.0 Å². The summed E-state index contributed by atoms with van der Waals surface area (Å²) in [5, 5.41) is 3.32. The first kappa shape index (κ1) is 14.1. The Kier molecular flexibility index (Phi) is 4.63. The molecule has 0 saturated carbocycles. The molecule has 1 rings (SSSR count). The van der Waals surface area contributed by atoms with Crippen molar-refractivity contribution in [2.24, 2.45) is 5.41 Å². The molecule has 1 aromatic carbocycles. The first-order valence-electron chi connectivity index (χ1n) is 5.98. The molecule has 0 spiro atoms. The van der Waals surface area contributed by atoms with Gasteiger partial charge >= 0.3 is 0 Å². The second kappa shape index (κ2) is 5.58. The van der Waals surface area contributed by atoms with Crippen LogP contribution in [0.3, 0.4) is 0 Å². The molecule has 96 valence electrons. The molecule has 1 N–H and O–H groups in total. The Balaban J connectivity index is 2.72. The van der Waals surface area contributed by atoms with Gasteiger partial charge in [-0.05, 0) is 23.5 Å². The maximum absolute atomic E-state index is 13.5. The quantitative estimate of drug-likeness (QED) is 0.831. The molecule has 17 heavy (non-hydrogen) atoms. The molecule has 0 radical (unpaired) electrons. The summed E-state index contributed by atoms with van der Waals surface area (Å²) >= 11 is 0. The van der Waals surface area contributed by atoms with Gasteiger partial charge in [-0.1, -0.05) is 39.8 Å². The van der Waals surface area contributed by atoms with Gasteiger partial charge in [0.25, 0.3) is 0 Å². The smallest absolute Gasteiger partial charge is 0.162 e. The van der Waals surface area contributed by atoms with Gasteiger partial charge in [-0.3, -0.25) is 0 Å². The van der Waals surface area contributed by atoms with Gasteiger partial charge in [-0.15, -0.1) is 0 Å². The summed E-state index contributed by atoms with van der Waals surface area (Å²) in [6.07, 6.45) is 0.524. The van der Waals surface area contributed by atoms with Crippen LogP contribution in [0.5, 0.6) is 0 Å². The van der Waals surface area contributed by atoms with Crippen LogP contribution in [0.1, 0.15) is 33.3 Å². The van der Waals surface area contributed by atoms with E-state index in [9.17, 15) is 8.78 Å². The van der Waals surface area contributed by atoms with Gasteiger partial charge in [0, 0.05) is 12.6 Å². The largest absolute Gasteiger partial charge is 0.314 e. The lowest BCUT2D eigenvalue weighted by molar-refractivity contribution is 0.320. The van der Waals surface area contributed by atoms with Gasteiger partial charge in [-0.2, -0.15) is 0 Å². The molecule has 0 atom stereocenters. The molecule has 3 heteroatoms. The number of rotatable bonds is 5. The molecule has 0 unspecified atom stereocenters. The zero-order valence-electron chi connectivity index (χ0n) is 11.0. The molecule has 0 saturated heterocycles. The Morgan fingerprint density at radius 2 is 1.88 bits per heavy atom. The average molecular weight is 241 g/mol. The Hall–Kier alpha value is -0.960. The lowest BCUT2D eigenvalue weighted by Crippen LogP contribution is -2.35. The third-order valence-electron chi connectivity index (χ3n) is 2.69. The number of halogens is 2. The van der Waals surface area contributed by atoms with E-state index in [-0.39, 0.29) is 5.41 Å². The van der Waals surface area contributed by atoms with E-state index in [1.54, 1.807) is 12.1 Å². The first-order chi connectivity index (χ1) is 7.82. The van der Waals surface area contributed by atoms with Crippen LogP contribution in [0.15, 0.2) is 18.2 Å². The van der Waals surface area contributed by atoms with Crippen LogP contribution < -0.4 is 5.32 Å². The lowest BCUT2D eigenvalue weighted by atomic mass is 9.85. The van der Waals surface area contributed by atoms with Crippen LogP contribution in [-0.2, 0) is 6.42 Å². The molecule has 0 aromatic heterocycles. The van der Waals surface area contributed by atoms with Crippen LogP contribution in [0.4, 0.5) is 8.78 Å². The van der Waals surface area contributed by atoms with E-state index < -0.39 is 11.6 Å². The van der Waals surface area contributed by atoms with E-state index in [0.717, 1.165) is 12.6 Å². The van der Waals surface area contributed by atoms with Gasteiger partial charge < -0.3 is 5.32 Å². The molecule has 0 heterocycles. The number of nitrogens with one attached hydrogen (secondary N) is 1. The minimum absolute atomic E-state index is 0.0983. The highest BCUT2D eigenvalue weighted by molar-refractivity contribution is 5.20. The number of benzene rings is 1. The third kappa shape index (κ3) is 4.43. The van der Waals surface area contributed by atoms with Crippen molar-refractivity contribution in [1.29, 1.82) is 0 Å². The van der Waals surface area contributed by atoms with E-state index in [1.165, 1.54) is 0 Å². The maximum atomic E-state index is 13.5. The number of hydrogen-bond donors (Lipinski definition) is 1. The summed E-state index contributed by atoms with van der Waals surface area (Å²) in [5.41, 5.74) is 0.347. The fraction of sp³-hybridized carbons (Fsp3) is 0.571. The van der Waals surface area contributed by atoms with Crippen molar-refractivity contribution >= 4 is 0 Å². The molecule has 1 aromatic rings. The van der Waals surface area contributed by atoms with Crippen molar-refractivity contribution in [2.75, 3.05) is 6.54 Å². The van der Waals surface area contributed by atoms with Crippen LogP contribution in [0.25, 0.3) is 0 Å². The molecular formula is C14H21F2N. The lowest BCUT2D eigenvalue weighted by Gasteiger charge is -2.26. The summed E-state index contributed by atoms with van der Waals surface area (Å²) in [5.74, 6) is -1.49. The monoisotopic (exact) mass is 241 g/mol. The SMILES string of the molecule is CC(C)NCC(C)(C)Cc1cccc(F)c1F. The van der Waals surface area contributed by atoms with E-state index >= 15 is 0 Å². The normalized spacial score (nSPS) is 12.2. The van der Waals surface area contributed by atoms with Crippen LogP contribution >= 0.6 is 0 Å². The number of hydrogen-bond acceptors (Lipinski definition) is 1. The van der Waals surface area contributed by atoms with Crippen LogP contribution in [0.2, 0.25) is 0 Å². The van der Waals surface area contributed by atoms with Crippen LogP contribution in [-0.4, -0.2) is 12.6 Å². The minimum atomic E-state index is -0.768. The average Bonchev–Trinajstić information content (AvgIpc) is 2.22. The first-order valence-corrected chi connectivity index (χ1v) is 5.98. The summed E-state index contributed by atoms with van der Waals surface area (Å²) < 4.78 is 26.6. The Bertz CT molecular complexity index is 372. The van der Waals surface area contributed by atoms with Gasteiger partial charge in [0.05, 0.1) is 0 Å². The van der Waals surface area contributed by atoms with E-state index in [4.69, 9.17) is 0 Å². The molecule has 0 bridgehead atoms. The molecule has 0 aliphatic carbocycles. The van der Waals surface area contributed by atoms with Gasteiger partial charge in [0.1, 0.15) is 0 Å². The predicted molar refractivity (Wildman–Crippen MR) is 67.0 cm³/mol. The highest BCUT2D eigenvalue weighted by Gasteiger charge is 2.21. The highest BCUT2D eigenvalue weighted by atomic mass is 19.2. The highest BCUT2D eigenvalue weighted by Crippen LogP contribution is 2.23. The third-order valence-corrected chi connectivity index (χ3v) is 2.69. The Labute approximate surface area is 102 Å². The minimum Gasteiger partial charge on any atom is -0.314 e. The topological polar surface area (TPSA) is 12.0 Å². The molecule has 0 amide bonds. The zero-order valence-corrected chi connectivity index (χ0v) is 11.0. The second-order valence-electron chi connectivity index (χ2n) is 5.59. The molecule has 0 aliphatic heterocycles. The van der Waals surface area contributed by atoms with Crippen molar-refractivity contribution < 1.29 is 8.78 Å². The fourth-order valence-corrected chi connectivity index (χ4v) is 1.74. The maximum Gasteiger partial charge on any atom is 0.162 e. The second-order valence-corrected chi connectivity index (χ2v) is 5.59. The fourth-order valence-electron chi connectivity index (χ4n) is 1.74. The summed E-state index contributed by atoms with van der Waals surface area (Å²) in [4.78, 5) is 0. The van der Waals surface area contributed by atoms with Crippen molar-refractivity contribution in [1.82, 2.24) is 5.32 Å². The van der Waals surface area contributed by atoms with Gasteiger partial charge in [0.15, 0.2) is 11.6 Å². The molecule has 0 fully saturated rings. The summed E-state index contributed by atoms with van der Waals surface area (Å²) in [6.45, 7) is 9.01. The molecule has 1 nitrogen and oxygen atoms in total. The van der Waals surface area contributed by atoms with Crippen molar-refractivity contribution in [3.8, 4) is 0 Å². The van der Waals surface area contributed by atoms with Gasteiger partial charge in [0.2, 0.25) is 0 Å². The van der Waals surface area contributed by atoms with Crippen molar-refractivity contribution in [2.45, 2.75) is 40.2 Å². The Morgan fingerprint density at radius 1 is 1.24 bits per heavy atom. The van der Waals surface area contributed by atoms with E-state index in [2.05, 4.69) is 19.2 Å². The molecular weight excluding hydrogens is 220 g/mol. The van der Waals surface area contributed by atoms with Gasteiger partial charge in [-0.25, -0.2) is 8.78 Å². The standard InChI is InChI=1S/C14H21F2N/c1-10(2)17-9-14(3,4)8-11-6-5-7-12(15)13(11)16/h5-7,10,17H,8-9H2,1-4H3. The molecule has 0 aliphatic rings. The van der Waals surface area contributed by atoms with E-state index in [0.29, 0.717) is 18.0 Å². The zero-order chi connectivity index (χ0) is 13.1. The van der Waals surface area contributed by atoms with Crippen molar-refractivity contribution in [3.05, 3.63) is 35.4 Å². The van der Waals surface area contributed by atoms with E-state index in [1.807, 2.05) is 13.8 Å². The predicted octanol–water partition coefficient (Wildman–Crippen LogP) is 3.53. The summed E-state index contributed by atoms with van der Waals surface area (Å²) in [7, 11) is 0.